The van der Waals surface area contributed by atoms with Crippen molar-refractivity contribution in [1.82, 2.24) is 0 Å². The van der Waals surface area contributed by atoms with Crippen LogP contribution in [0.1, 0.15) is 22.8 Å². The molecule has 0 heterocycles. The summed E-state index contributed by atoms with van der Waals surface area (Å²) >= 11 is 5.65. The van der Waals surface area contributed by atoms with Crippen molar-refractivity contribution < 1.29 is 27.1 Å². The van der Waals surface area contributed by atoms with Crippen molar-refractivity contribution in [3.63, 3.8) is 0 Å². The molecular weight excluding hydrogens is 397 g/mol. The standard InChI is InChI=1S/C18H17ClFNO5S/c1-10-4-6-13(27(3,24)25)9-14(10)18(23)26-11(2)17(22)21-12-5-7-16(20)15(19)8-12/h4-9,11H,1-3H3,(H,21,22)/t11-/m1/s1. The molecule has 9 heteroatoms. The van der Waals surface area contributed by atoms with Crippen LogP contribution < -0.4 is 5.32 Å². The molecule has 0 radical (unpaired) electrons. The van der Waals surface area contributed by atoms with Crippen LogP contribution in [0.5, 0.6) is 0 Å². The van der Waals surface area contributed by atoms with Gasteiger partial charge >= 0.3 is 5.97 Å². The zero-order valence-electron chi connectivity index (χ0n) is 14.7. The highest BCUT2D eigenvalue weighted by Crippen LogP contribution is 2.20. The molecule has 0 unspecified atom stereocenters. The van der Waals surface area contributed by atoms with Crippen LogP contribution in [0.4, 0.5) is 10.1 Å². The Morgan fingerprint density at radius 1 is 1.19 bits per heavy atom. The number of anilines is 1. The van der Waals surface area contributed by atoms with Crippen LogP contribution in [0.25, 0.3) is 0 Å². The topological polar surface area (TPSA) is 89.5 Å². The van der Waals surface area contributed by atoms with Crippen LogP contribution in [0.15, 0.2) is 41.3 Å². The predicted molar refractivity (Wildman–Crippen MR) is 99.2 cm³/mol. The van der Waals surface area contributed by atoms with Crippen LogP contribution in [0, 0.1) is 12.7 Å². The maximum Gasteiger partial charge on any atom is 0.339 e. The van der Waals surface area contributed by atoms with Gasteiger partial charge in [0.25, 0.3) is 5.91 Å². The molecule has 0 saturated heterocycles. The Kier molecular flexibility index (Phi) is 6.22. The van der Waals surface area contributed by atoms with E-state index in [0.29, 0.717) is 5.56 Å². The number of nitrogens with one attached hydrogen (secondary N) is 1. The van der Waals surface area contributed by atoms with Gasteiger partial charge in [-0.2, -0.15) is 0 Å². The molecule has 1 atom stereocenters. The average Bonchev–Trinajstić information content (AvgIpc) is 2.57. The summed E-state index contributed by atoms with van der Waals surface area (Å²) < 4.78 is 41.6. The average molecular weight is 414 g/mol. The molecule has 1 N–H and O–H groups in total. The molecule has 2 rings (SSSR count). The molecule has 0 fully saturated rings. The highest BCUT2D eigenvalue weighted by atomic mass is 35.5. The van der Waals surface area contributed by atoms with Gasteiger partial charge in [0.1, 0.15) is 5.82 Å². The molecule has 0 spiro atoms. The molecule has 0 bridgehead atoms. The van der Waals surface area contributed by atoms with E-state index in [9.17, 15) is 22.4 Å². The molecule has 2 aromatic rings. The van der Waals surface area contributed by atoms with E-state index in [1.807, 2.05) is 0 Å². The van der Waals surface area contributed by atoms with Crippen molar-refractivity contribution in [2.24, 2.45) is 0 Å². The number of esters is 1. The number of hydrogen-bond acceptors (Lipinski definition) is 5. The summed E-state index contributed by atoms with van der Waals surface area (Å²) in [6.07, 6.45) is -0.154. The molecule has 1 amide bonds. The predicted octanol–water partition coefficient (Wildman–Crippen LogP) is 3.38. The fourth-order valence-electron chi connectivity index (χ4n) is 2.15. The van der Waals surface area contributed by atoms with Gasteiger partial charge in [-0.15, -0.1) is 0 Å². The van der Waals surface area contributed by atoms with Crippen molar-refractivity contribution in [3.05, 3.63) is 58.4 Å². The van der Waals surface area contributed by atoms with Gasteiger partial charge in [-0.3, -0.25) is 4.79 Å². The normalized spacial score (nSPS) is 12.3. The summed E-state index contributed by atoms with van der Waals surface area (Å²) in [5.41, 5.74) is 0.789. The fraction of sp³-hybridized carbons (Fsp3) is 0.222. The molecule has 0 aliphatic carbocycles. The molecule has 0 saturated carbocycles. The second-order valence-electron chi connectivity index (χ2n) is 5.91. The van der Waals surface area contributed by atoms with Gasteiger partial charge < -0.3 is 10.1 Å². The van der Waals surface area contributed by atoms with E-state index < -0.39 is 33.6 Å². The second kappa shape index (κ2) is 8.06. The molecule has 0 aromatic heterocycles. The van der Waals surface area contributed by atoms with E-state index in [1.165, 1.54) is 37.3 Å². The van der Waals surface area contributed by atoms with Crippen molar-refractivity contribution in [2.45, 2.75) is 24.8 Å². The zero-order chi connectivity index (χ0) is 20.4. The van der Waals surface area contributed by atoms with E-state index in [-0.39, 0.29) is 21.2 Å². The highest BCUT2D eigenvalue weighted by Gasteiger charge is 2.22. The van der Waals surface area contributed by atoms with Gasteiger partial charge in [-0.05, 0) is 49.7 Å². The monoisotopic (exact) mass is 413 g/mol. The number of ether oxygens (including phenoxy) is 1. The van der Waals surface area contributed by atoms with E-state index in [4.69, 9.17) is 16.3 Å². The summed E-state index contributed by atoms with van der Waals surface area (Å²) in [4.78, 5) is 24.5. The summed E-state index contributed by atoms with van der Waals surface area (Å²) in [5.74, 6) is -2.11. The van der Waals surface area contributed by atoms with Gasteiger partial charge in [0, 0.05) is 11.9 Å². The number of hydrogen-bond donors (Lipinski definition) is 1. The molecule has 144 valence electrons. The van der Waals surface area contributed by atoms with E-state index in [2.05, 4.69) is 5.32 Å². The summed E-state index contributed by atoms with van der Waals surface area (Å²) in [6, 6.07) is 7.70. The number of sulfone groups is 1. The third-order valence-corrected chi connectivity index (χ3v) is 5.10. The fourth-order valence-corrected chi connectivity index (χ4v) is 2.97. The molecular formula is C18H17ClFNO5S. The molecule has 0 aliphatic heterocycles. The number of halogens is 2. The molecule has 2 aromatic carbocycles. The molecule has 6 nitrogen and oxygen atoms in total. The number of rotatable bonds is 5. The summed E-state index contributed by atoms with van der Waals surface area (Å²) in [7, 11) is -3.50. The third kappa shape index (κ3) is 5.27. The van der Waals surface area contributed by atoms with Gasteiger partial charge in [-0.1, -0.05) is 17.7 Å². The molecule has 27 heavy (non-hydrogen) atoms. The van der Waals surface area contributed by atoms with Gasteiger partial charge in [0.15, 0.2) is 15.9 Å². The highest BCUT2D eigenvalue weighted by molar-refractivity contribution is 7.90. The summed E-state index contributed by atoms with van der Waals surface area (Å²) in [5, 5.41) is 2.29. The van der Waals surface area contributed by atoms with Crippen molar-refractivity contribution in [3.8, 4) is 0 Å². The first-order chi connectivity index (χ1) is 12.5. The van der Waals surface area contributed by atoms with Crippen LogP contribution in [0.3, 0.4) is 0 Å². The Morgan fingerprint density at radius 3 is 2.44 bits per heavy atom. The van der Waals surface area contributed by atoms with Crippen LogP contribution in [-0.4, -0.2) is 32.7 Å². The largest absolute Gasteiger partial charge is 0.449 e. The van der Waals surface area contributed by atoms with Crippen molar-refractivity contribution >= 4 is 39.0 Å². The van der Waals surface area contributed by atoms with Crippen LogP contribution >= 0.6 is 11.6 Å². The van der Waals surface area contributed by atoms with Gasteiger partial charge in [-0.25, -0.2) is 17.6 Å². The lowest BCUT2D eigenvalue weighted by atomic mass is 10.1. The smallest absolute Gasteiger partial charge is 0.339 e. The van der Waals surface area contributed by atoms with Crippen LogP contribution in [0.2, 0.25) is 5.02 Å². The van der Waals surface area contributed by atoms with Crippen molar-refractivity contribution in [1.29, 1.82) is 0 Å². The maximum absolute atomic E-state index is 13.2. The first-order valence-corrected chi connectivity index (χ1v) is 10.0. The lowest BCUT2D eigenvalue weighted by Crippen LogP contribution is -2.30. The minimum atomic E-state index is -3.50. The minimum Gasteiger partial charge on any atom is -0.449 e. The zero-order valence-corrected chi connectivity index (χ0v) is 16.3. The number of carbonyl (C=O) groups excluding carboxylic acids is 2. The van der Waals surface area contributed by atoms with E-state index >= 15 is 0 Å². The third-order valence-electron chi connectivity index (χ3n) is 3.70. The first kappa shape index (κ1) is 20.9. The maximum atomic E-state index is 13.2. The number of amides is 1. The Morgan fingerprint density at radius 2 is 1.85 bits per heavy atom. The van der Waals surface area contributed by atoms with Gasteiger partial charge in [0.2, 0.25) is 0 Å². The lowest BCUT2D eigenvalue weighted by molar-refractivity contribution is -0.123. The Labute approximate surface area is 161 Å². The second-order valence-corrected chi connectivity index (χ2v) is 8.34. The number of benzene rings is 2. The quantitative estimate of drug-likeness (QED) is 0.759. The Hall–Kier alpha value is -2.45. The molecule has 0 aliphatic rings. The number of aryl methyl sites for hydroxylation is 1. The van der Waals surface area contributed by atoms with E-state index in [1.54, 1.807) is 6.92 Å². The first-order valence-electron chi connectivity index (χ1n) is 7.76. The number of carbonyl (C=O) groups is 2. The van der Waals surface area contributed by atoms with E-state index in [0.717, 1.165) is 12.3 Å². The Balaban J connectivity index is 2.12. The van der Waals surface area contributed by atoms with Crippen LogP contribution in [-0.2, 0) is 19.4 Å². The lowest BCUT2D eigenvalue weighted by Gasteiger charge is -2.15. The SMILES string of the molecule is Cc1ccc(S(C)(=O)=O)cc1C(=O)O[C@H](C)C(=O)Nc1ccc(F)c(Cl)c1. The summed E-state index contributed by atoms with van der Waals surface area (Å²) in [6.45, 7) is 2.97. The van der Waals surface area contributed by atoms with Gasteiger partial charge in [0.05, 0.1) is 15.5 Å². The Bertz CT molecular complexity index is 1010. The minimum absolute atomic E-state index is 0.0295. The van der Waals surface area contributed by atoms with Crippen molar-refractivity contribution in [2.75, 3.05) is 11.6 Å².